The lowest BCUT2D eigenvalue weighted by Gasteiger charge is -2.29. The van der Waals surface area contributed by atoms with Gasteiger partial charge in [-0.1, -0.05) is 13.8 Å². The summed E-state index contributed by atoms with van der Waals surface area (Å²) in [7, 11) is 1.59. The van der Waals surface area contributed by atoms with Crippen molar-refractivity contribution in [1.82, 2.24) is 13.9 Å². The summed E-state index contributed by atoms with van der Waals surface area (Å²) in [6.07, 6.45) is -0.210. The molecule has 0 saturated carbocycles. The van der Waals surface area contributed by atoms with Crippen LogP contribution >= 0.6 is 0 Å². The normalized spacial score (nSPS) is 13.2. The molecule has 0 fully saturated rings. The maximum atomic E-state index is 11.9. The molecule has 0 aliphatic carbocycles. The van der Waals surface area contributed by atoms with E-state index in [-0.39, 0.29) is 18.4 Å². The van der Waals surface area contributed by atoms with Crippen LogP contribution in [0.15, 0.2) is 0 Å². The molecule has 0 aromatic heterocycles. The first-order valence-corrected chi connectivity index (χ1v) is 7.48. The number of hydrogen-bond acceptors (Lipinski definition) is 4. The van der Waals surface area contributed by atoms with E-state index in [0.29, 0.717) is 6.54 Å². The summed E-state index contributed by atoms with van der Waals surface area (Å²) in [6, 6.07) is 0. The van der Waals surface area contributed by atoms with Gasteiger partial charge in [0.25, 0.3) is 10.2 Å². The van der Waals surface area contributed by atoms with E-state index < -0.39 is 16.2 Å². The molecule has 0 saturated heterocycles. The minimum absolute atomic E-state index is 0.0429. The highest BCUT2D eigenvalue weighted by Crippen LogP contribution is 2.15. The third-order valence-corrected chi connectivity index (χ3v) is 4.04. The zero-order chi connectivity index (χ0) is 15.3. The fourth-order valence-electron chi connectivity index (χ4n) is 1.68. The Bertz CT molecular complexity index is 393. The highest BCUT2D eigenvalue weighted by Gasteiger charge is 2.24. The molecule has 2 N–H and O–H groups in total. The van der Waals surface area contributed by atoms with Crippen LogP contribution in [-0.4, -0.2) is 69.5 Å². The van der Waals surface area contributed by atoms with E-state index in [0.717, 1.165) is 10.8 Å². The number of nitrogens with one attached hydrogen (secondary N) is 1. The number of rotatable bonds is 9. The van der Waals surface area contributed by atoms with E-state index in [1.54, 1.807) is 0 Å². The van der Waals surface area contributed by atoms with Crippen molar-refractivity contribution < 1.29 is 18.3 Å². The molecule has 7 nitrogen and oxygen atoms in total. The van der Waals surface area contributed by atoms with Crippen LogP contribution in [0.3, 0.4) is 0 Å². The molecule has 0 aliphatic rings. The maximum Gasteiger partial charge on any atom is 0.304 e. The largest absolute Gasteiger partial charge is 0.481 e. The number of carbonyl (C=O) groups is 1. The Balaban J connectivity index is 4.41. The molecule has 0 aromatic carbocycles. The van der Waals surface area contributed by atoms with Crippen molar-refractivity contribution in [2.75, 3.05) is 40.8 Å². The number of hydrogen-bond donors (Lipinski definition) is 2. The Hall–Kier alpha value is -0.700. The Morgan fingerprint density at radius 3 is 2.21 bits per heavy atom. The molecule has 114 valence electrons. The van der Waals surface area contributed by atoms with Gasteiger partial charge in [0.15, 0.2) is 0 Å². The van der Waals surface area contributed by atoms with Gasteiger partial charge in [-0.15, -0.1) is 0 Å². The van der Waals surface area contributed by atoms with Gasteiger partial charge >= 0.3 is 5.97 Å². The van der Waals surface area contributed by atoms with Crippen LogP contribution < -0.4 is 4.72 Å². The summed E-state index contributed by atoms with van der Waals surface area (Å²) in [5.41, 5.74) is -0.204. The van der Waals surface area contributed by atoms with Gasteiger partial charge in [0.2, 0.25) is 0 Å². The fraction of sp³-hybridized carbons (Fsp3) is 0.909. The van der Waals surface area contributed by atoms with Crippen LogP contribution in [-0.2, 0) is 15.0 Å². The van der Waals surface area contributed by atoms with Crippen molar-refractivity contribution in [3.63, 3.8) is 0 Å². The number of aliphatic carboxylic acids is 1. The smallest absolute Gasteiger partial charge is 0.304 e. The molecular weight excluding hydrogens is 270 g/mol. The van der Waals surface area contributed by atoms with E-state index in [4.69, 9.17) is 5.11 Å². The van der Waals surface area contributed by atoms with E-state index in [1.807, 2.05) is 32.8 Å². The summed E-state index contributed by atoms with van der Waals surface area (Å²) in [6.45, 7) is 4.93. The monoisotopic (exact) mass is 295 g/mol. The lowest BCUT2D eigenvalue weighted by atomic mass is 9.93. The van der Waals surface area contributed by atoms with Crippen LogP contribution in [0.5, 0.6) is 0 Å². The van der Waals surface area contributed by atoms with Gasteiger partial charge < -0.3 is 10.0 Å². The summed E-state index contributed by atoms with van der Waals surface area (Å²) >= 11 is 0. The molecule has 0 amide bonds. The molecule has 19 heavy (non-hydrogen) atoms. The minimum Gasteiger partial charge on any atom is -0.481 e. The third kappa shape index (κ3) is 8.14. The molecule has 0 bridgehead atoms. The molecule has 0 aliphatic heterocycles. The van der Waals surface area contributed by atoms with Crippen molar-refractivity contribution in [2.45, 2.75) is 20.3 Å². The average molecular weight is 295 g/mol. The zero-order valence-corrected chi connectivity index (χ0v) is 13.1. The molecule has 0 spiro atoms. The Kier molecular flexibility index (Phi) is 6.92. The third-order valence-electron chi connectivity index (χ3n) is 2.53. The minimum atomic E-state index is -3.62. The topological polar surface area (TPSA) is 90.0 Å². The molecule has 8 heteroatoms. The fourth-order valence-corrected chi connectivity index (χ4v) is 2.81. The van der Waals surface area contributed by atoms with Gasteiger partial charge in [-0.2, -0.15) is 12.7 Å². The van der Waals surface area contributed by atoms with E-state index in [2.05, 4.69) is 4.72 Å². The van der Waals surface area contributed by atoms with Gasteiger partial charge in [-0.05, 0) is 19.5 Å². The van der Waals surface area contributed by atoms with Crippen molar-refractivity contribution in [1.29, 1.82) is 0 Å². The highest BCUT2D eigenvalue weighted by molar-refractivity contribution is 7.87. The summed E-state index contributed by atoms with van der Waals surface area (Å²) in [5, 5.41) is 8.54. The Morgan fingerprint density at radius 2 is 1.79 bits per heavy atom. The average Bonchev–Trinajstić information content (AvgIpc) is 2.21. The molecule has 0 radical (unpaired) electrons. The van der Waals surface area contributed by atoms with Gasteiger partial charge in [0, 0.05) is 26.7 Å². The lowest BCUT2D eigenvalue weighted by Crippen LogP contribution is -2.45. The molecule has 0 unspecified atom stereocenters. The van der Waals surface area contributed by atoms with E-state index in [9.17, 15) is 13.2 Å². The van der Waals surface area contributed by atoms with Crippen LogP contribution in [0.1, 0.15) is 20.3 Å². The lowest BCUT2D eigenvalue weighted by molar-refractivity contribution is -0.137. The van der Waals surface area contributed by atoms with Gasteiger partial charge in [0.05, 0.1) is 6.42 Å². The zero-order valence-electron chi connectivity index (χ0n) is 12.3. The summed E-state index contributed by atoms with van der Waals surface area (Å²) in [5.74, 6) is -1.02. The first kappa shape index (κ1) is 18.3. The number of nitrogens with zero attached hydrogens (tertiary/aromatic N) is 2. The predicted molar refractivity (Wildman–Crippen MR) is 74.1 cm³/mol. The summed E-state index contributed by atoms with van der Waals surface area (Å²) < 4.78 is 27.3. The second-order valence-corrected chi connectivity index (χ2v) is 7.56. The van der Waals surface area contributed by atoms with E-state index in [1.165, 1.54) is 7.05 Å². The van der Waals surface area contributed by atoms with Gasteiger partial charge in [-0.25, -0.2) is 4.72 Å². The van der Waals surface area contributed by atoms with Crippen LogP contribution in [0.25, 0.3) is 0 Å². The Labute approximate surface area is 115 Å². The first-order chi connectivity index (χ1) is 8.46. The molecule has 0 atom stereocenters. The van der Waals surface area contributed by atoms with E-state index >= 15 is 0 Å². The second kappa shape index (κ2) is 7.18. The summed E-state index contributed by atoms with van der Waals surface area (Å²) in [4.78, 5) is 12.4. The molecule has 0 aromatic rings. The van der Waals surface area contributed by atoms with Crippen molar-refractivity contribution >= 4 is 16.2 Å². The molecular formula is C11H25N3O4S. The maximum absolute atomic E-state index is 11.9. The van der Waals surface area contributed by atoms with Gasteiger partial charge in [0.1, 0.15) is 0 Å². The van der Waals surface area contributed by atoms with Crippen LogP contribution in [0.2, 0.25) is 0 Å². The van der Waals surface area contributed by atoms with Gasteiger partial charge in [-0.3, -0.25) is 4.79 Å². The standard InChI is InChI=1S/C11H25N3O4S/c1-11(2,9-13(3)4)8-12-19(17,18)14(5)7-6-10(15)16/h12H,6-9H2,1-5H3,(H,15,16). The molecule has 0 rings (SSSR count). The number of carboxylic acids is 1. The molecule has 0 heterocycles. The second-order valence-electron chi connectivity index (χ2n) is 5.69. The van der Waals surface area contributed by atoms with Crippen molar-refractivity contribution in [3.8, 4) is 0 Å². The van der Waals surface area contributed by atoms with Crippen molar-refractivity contribution in [2.24, 2.45) is 5.41 Å². The Morgan fingerprint density at radius 1 is 1.26 bits per heavy atom. The van der Waals surface area contributed by atoms with Crippen molar-refractivity contribution in [3.05, 3.63) is 0 Å². The quantitative estimate of drug-likeness (QED) is 0.615. The highest BCUT2D eigenvalue weighted by atomic mass is 32.2. The predicted octanol–water partition coefficient (Wildman–Crippen LogP) is -0.185. The first-order valence-electron chi connectivity index (χ1n) is 6.04. The van der Waals surface area contributed by atoms with Crippen LogP contribution in [0.4, 0.5) is 0 Å². The SMILES string of the molecule is CN(C)CC(C)(C)CNS(=O)(=O)N(C)CCC(=O)O. The number of carboxylic acid groups (broad SMARTS) is 1. The van der Waals surface area contributed by atoms with Crippen LogP contribution in [0, 0.1) is 5.41 Å².